The van der Waals surface area contributed by atoms with Crippen molar-refractivity contribution < 1.29 is 9.59 Å². The van der Waals surface area contributed by atoms with Gasteiger partial charge in [0.1, 0.15) is 6.04 Å². The van der Waals surface area contributed by atoms with E-state index in [0.717, 1.165) is 22.5 Å². The summed E-state index contributed by atoms with van der Waals surface area (Å²) < 4.78 is 0. The van der Waals surface area contributed by atoms with Crippen molar-refractivity contribution in [3.05, 3.63) is 51.2 Å². The lowest BCUT2D eigenvalue weighted by Crippen LogP contribution is -2.45. The Morgan fingerprint density at radius 1 is 1.36 bits per heavy atom. The molecule has 0 saturated carbocycles. The molecular formula is C17H18N2O2S. The lowest BCUT2D eigenvalue weighted by molar-refractivity contribution is -0.119. The quantitative estimate of drug-likeness (QED) is 0.946. The predicted molar refractivity (Wildman–Crippen MR) is 88.4 cm³/mol. The number of benzene rings is 1. The van der Waals surface area contributed by atoms with E-state index in [1.54, 1.807) is 4.90 Å². The van der Waals surface area contributed by atoms with Crippen molar-refractivity contribution in [2.45, 2.75) is 32.7 Å². The fourth-order valence-corrected chi connectivity index (χ4v) is 4.01. The highest BCUT2D eigenvalue weighted by Crippen LogP contribution is 2.34. The number of hydrogen-bond acceptors (Lipinski definition) is 3. The van der Waals surface area contributed by atoms with E-state index in [9.17, 15) is 9.59 Å². The number of thiophene rings is 1. The summed E-state index contributed by atoms with van der Waals surface area (Å²) >= 11 is 1.48. The van der Waals surface area contributed by atoms with Crippen LogP contribution >= 0.6 is 11.3 Å². The van der Waals surface area contributed by atoms with Gasteiger partial charge in [0, 0.05) is 17.0 Å². The van der Waals surface area contributed by atoms with Gasteiger partial charge in [-0.2, -0.15) is 0 Å². The number of para-hydroxylation sites is 1. The molecule has 0 aliphatic carbocycles. The van der Waals surface area contributed by atoms with E-state index in [1.165, 1.54) is 16.9 Å². The third-order valence-corrected chi connectivity index (χ3v) is 5.22. The van der Waals surface area contributed by atoms with Crippen LogP contribution in [0, 0.1) is 6.92 Å². The predicted octanol–water partition coefficient (Wildman–Crippen LogP) is 2.68. The Balaban J connectivity index is 2.03. The summed E-state index contributed by atoms with van der Waals surface area (Å²) in [5.41, 5.74) is 8.47. The van der Waals surface area contributed by atoms with Crippen LogP contribution in [-0.4, -0.2) is 17.9 Å². The molecule has 0 fully saturated rings. The van der Waals surface area contributed by atoms with E-state index in [2.05, 4.69) is 6.92 Å². The first-order chi connectivity index (χ1) is 10.5. The minimum atomic E-state index is -0.600. The Hall–Kier alpha value is -2.14. The van der Waals surface area contributed by atoms with Gasteiger partial charge < -0.3 is 5.73 Å². The van der Waals surface area contributed by atoms with Crippen molar-refractivity contribution in [1.29, 1.82) is 0 Å². The number of anilines is 1. The Morgan fingerprint density at radius 3 is 2.73 bits per heavy atom. The molecule has 5 heteroatoms. The standard InChI is InChI=1S/C17H18N2O2S/c1-3-11-9-15(22-10(11)2)17(21)19-13-7-5-4-6-12(13)8-14(19)16(18)20/h4-7,9,14H,3,8H2,1-2H3,(H2,18,20)/t14-/m0/s1. The van der Waals surface area contributed by atoms with Crippen molar-refractivity contribution in [2.75, 3.05) is 4.90 Å². The maximum Gasteiger partial charge on any atom is 0.269 e. The first kappa shape index (κ1) is 14.8. The molecule has 1 aromatic carbocycles. The maximum atomic E-state index is 12.9. The molecular weight excluding hydrogens is 296 g/mol. The largest absolute Gasteiger partial charge is 0.368 e. The van der Waals surface area contributed by atoms with E-state index >= 15 is 0 Å². The Morgan fingerprint density at radius 2 is 2.09 bits per heavy atom. The van der Waals surface area contributed by atoms with Gasteiger partial charge in [0.25, 0.3) is 5.91 Å². The topological polar surface area (TPSA) is 63.4 Å². The van der Waals surface area contributed by atoms with Crippen molar-refractivity contribution >= 4 is 28.8 Å². The molecule has 1 aliphatic heterocycles. The zero-order chi connectivity index (χ0) is 15.9. The van der Waals surface area contributed by atoms with Gasteiger partial charge in [-0.25, -0.2) is 0 Å². The molecule has 2 aromatic rings. The molecule has 22 heavy (non-hydrogen) atoms. The number of carbonyl (C=O) groups excluding carboxylic acids is 2. The van der Waals surface area contributed by atoms with Gasteiger partial charge in [-0.05, 0) is 36.6 Å². The van der Waals surface area contributed by atoms with E-state index in [1.807, 2.05) is 37.3 Å². The average molecular weight is 314 g/mol. The molecule has 0 radical (unpaired) electrons. The molecule has 2 heterocycles. The highest BCUT2D eigenvalue weighted by Gasteiger charge is 2.38. The number of amides is 2. The number of carbonyl (C=O) groups is 2. The zero-order valence-electron chi connectivity index (χ0n) is 12.6. The molecule has 3 rings (SSSR count). The third kappa shape index (κ3) is 2.31. The van der Waals surface area contributed by atoms with Crippen molar-refractivity contribution in [3.63, 3.8) is 0 Å². The maximum absolute atomic E-state index is 12.9. The van der Waals surface area contributed by atoms with Crippen LogP contribution in [0.4, 0.5) is 5.69 Å². The number of nitrogens with zero attached hydrogens (tertiary/aromatic N) is 1. The third-order valence-electron chi connectivity index (χ3n) is 4.14. The van der Waals surface area contributed by atoms with Gasteiger partial charge in [0.05, 0.1) is 4.88 Å². The highest BCUT2D eigenvalue weighted by atomic mass is 32.1. The van der Waals surface area contributed by atoms with Gasteiger partial charge in [0.2, 0.25) is 5.91 Å². The molecule has 0 unspecified atom stereocenters. The van der Waals surface area contributed by atoms with Crippen LogP contribution in [0.25, 0.3) is 0 Å². The molecule has 1 aliphatic rings. The number of nitrogens with two attached hydrogens (primary N) is 1. The molecule has 0 saturated heterocycles. The van der Waals surface area contributed by atoms with E-state index in [-0.39, 0.29) is 5.91 Å². The molecule has 0 bridgehead atoms. The van der Waals surface area contributed by atoms with Crippen LogP contribution in [0.15, 0.2) is 30.3 Å². The van der Waals surface area contributed by atoms with Crippen LogP contribution in [0.1, 0.15) is 32.6 Å². The normalized spacial score (nSPS) is 16.6. The second-order valence-electron chi connectivity index (χ2n) is 5.47. The number of aryl methyl sites for hydroxylation is 2. The lowest BCUT2D eigenvalue weighted by atomic mass is 10.1. The number of fused-ring (bicyclic) bond motifs is 1. The summed E-state index contributed by atoms with van der Waals surface area (Å²) in [7, 11) is 0. The molecule has 4 nitrogen and oxygen atoms in total. The zero-order valence-corrected chi connectivity index (χ0v) is 13.4. The fraction of sp³-hybridized carbons (Fsp3) is 0.294. The second-order valence-corrected chi connectivity index (χ2v) is 6.73. The summed E-state index contributed by atoms with van der Waals surface area (Å²) in [5.74, 6) is -0.602. The van der Waals surface area contributed by atoms with Crippen molar-refractivity contribution in [3.8, 4) is 0 Å². The number of primary amides is 1. The SMILES string of the molecule is CCc1cc(C(=O)N2c3ccccc3C[C@H]2C(N)=O)sc1C. The van der Waals surface area contributed by atoms with Gasteiger partial charge in [0.15, 0.2) is 0 Å². The van der Waals surface area contributed by atoms with Crippen LogP contribution in [0.3, 0.4) is 0 Å². The summed E-state index contributed by atoms with van der Waals surface area (Å²) in [6.07, 6.45) is 1.38. The Bertz CT molecular complexity index is 751. The number of hydrogen-bond donors (Lipinski definition) is 1. The van der Waals surface area contributed by atoms with Crippen molar-refractivity contribution in [2.24, 2.45) is 5.73 Å². The van der Waals surface area contributed by atoms with E-state index < -0.39 is 11.9 Å². The molecule has 2 N–H and O–H groups in total. The first-order valence-electron chi connectivity index (χ1n) is 7.33. The summed E-state index contributed by atoms with van der Waals surface area (Å²) in [4.78, 5) is 28.1. The fourth-order valence-electron chi connectivity index (χ4n) is 2.96. The Labute approximate surface area is 133 Å². The van der Waals surface area contributed by atoms with Crippen molar-refractivity contribution in [1.82, 2.24) is 0 Å². The van der Waals surface area contributed by atoms with Crippen LogP contribution in [0.2, 0.25) is 0 Å². The summed E-state index contributed by atoms with van der Waals surface area (Å²) in [6, 6.07) is 8.93. The monoisotopic (exact) mass is 314 g/mol. The summed E-state index contributed by atoms with van der Waals surface area (Å²) in [5, 5.41) is 0. The first-order valence-corrected chi connectivity index (χ1v) is 8.14. The minimum absolute atomic E-state index is 0.137. The van der Waals surface area contributed by atoms with Crippen LogP contribution in [-0.2, 0) is 17.6 Å². The average Bonchev–Trinajstić information content (AvgIpc) is 3.07. The smallest absolute Gasteiger partial charge is 0.269 e. The highest BCUT2D eigenvalue weighted by molar-refractivity contribution is 7.14. The Kier molecular flexibility index (Phi) is 3.74. The molecule has 1 aromatic heterocycles. The van der Waals surface area contributed by atoms with Gasteiger partial charge in [-0.15, -0.1) is 11.3 Å². The van der Waals surface area contributed by atoms with Crippen LogP contribution < -0.4 is 10.6 Å². The minimum Gasteiger partial charge on any atom is -0.368 e. The molecule has 2 amide bonds. The second kappa shape index (κ2) is 5.57. The van der Waals surface area contributed by atoms with Gasteiger partial charge >= 0.3 is 0 Å². The molecule has 0 spiro atoms. The lowest BCUT2D eigenvalue weighted by Gasteiger charge is -2.22. The van der Waals surface area contributed by atoms with E-state index in [0.29, 0.717) is 11.3 Å². The molecule has 114 valence electrons. The van der Waals surface area contributed by atoms with Crippen LogP contribution in [0.5, 0.6) is 0 Å². The van der Waals surface area contributed by atoms with Gasteiger partial charge in [-0.1, -0.05) is 25.1 Å². The van der Waals surface area contributed by atoms with E-state index in [4.69, 9.17) is 5.73 Å². The number of rotatable bonds is 3. The summed E-state index contributed by atoms with van der Waals surface area (Å²) in [6.45, 7) is 4.09. The van der Waals surface area contributed by atoms with Gasteiger partial charge in [-0.3, -0.25) is 14.5 Å². The molecule has 1 atom stereocenters.